The van der Waals surface area contributed by atoms with Crippen LogP contribution in [-0.4, -0.2) is 52.5 Å². The van der Waals surface area contributed by atoms with Gasteiger partial charge in [-0.2, -0.15) is 0 Å². The van der Waals surface area contributed by atoms with Crippen molar-refractivity contribution in [1.82, 2.24) is 10.6 Å². The summed E-state index contributed by atoms with van der Waals surface area (Å²) in [7, 11) is 1.85. The van der Waals surface area contributed by atoms with E-state index in [0.29, 0.717) is 11.3 Å². The molecular weight excluding hydrogens is 290 g/mol. The number of nitrogens with one attached hydrogen (secondary N) is 2. The quantitative estimate of drug-likeness (QED) is 0.389. The molecule has 1 saturated heterocycles. The summed E-state index contributed by atoms with van der Waals surface area (Å²) in [6.07, 6.45) is 8.88. The fourth-order valence-corrected chi connectivity index (χ4v) is 3.62. The minimum atomic E-state index is 0.490. The first-order chi connectivity index (χ1) is 11.3. The Balaban J connectivity index is 1.52. The third-order valence-corrected chi connectivity index (χ3v) is 5.40. The Morgan fingerprint density at radius 1 is 1.30 bits per heavy atom. The molecule has 2 rings (SSSR count). The number of rotatable bonds is 9. The van der Waals surface area contributed by atoms with Crippen LogP contribution in [0.25, 0.3) is 0 Å². The molecule has 2 fully saturated rings. The Morgan fingerprint density at radius 3 is 2.78 bits per heavy atom. The molecular formula is C18H35N3O2. The van der Waals surface area contributed by atoms with E-state index in [4.69, 9.17) is 9.47 Å². The van der Waals surface area contributed by atoms with Crippen molar-refractivity contribution in [2.24, 2.45) is 16.3 Å². The highest BCUT2D eigenvalue weighted by molar-refractivity contribution is 5.79. The third-order valence-electron chi connectivity index (χ3n) is 5.40. The van der Waals surface area contributed by atoms with E-state index in [1.54, 1.807) is 0 Å². The van der Waals surface area contributed by atoms with E-state index in [1.165, 1.54) is 32.1 Å². The van der Waals surface area contributed by atoms with Crippen LogP contribution in [0.1, 0.15) is 51.9 Å². The predicted octanol–water partition coefficient (Wildman–Crippen LogP) is 2.57. The molecule has 0 radical (unpaired) electrons. The fourth-order valence-electron chi connectivity index (χ4n) is 3.62. The second-order valence-corrected chi connectivity index (χ2v) is 7.07. The Kier molecular flexibility index (Phi) is 8.17. The second-order valence-electron chi connectivity index (χ2n) is 7.07. The highest BCUT2D eigenvalue weighted by Gasteiger charge is 2.31. The third kappa shape index (κ3) is 6.30. The van der Waals surface area contributed by atoms with E-state index < -0.39 is 0 Å². The van der Waals surface area contributed by atoms with Gasteiger partial charge < -0.3 is 20.1 Å². The predicted molar refractivity (Wildman–Crippen MR) is 94.9 cm³/mol. The topological polar surface area (TPSA) is 54.9 Å². The van der Waals surface area contributed by atoms with Crippen molar-refractivity contribution in [3.8, 4) is 0 Å². The van der Waals surface area contributed by atoms with Gasteiger partial charge in [0.1, 0.15) is 0 Å². The molecule has 1 unspecified atom stereocenters. The minimum absolute atomic E-state index is 0.490. The SMILES string of the molecule is CCC1(CNC(=NC)NCCCOCC2CCOC2)CCCC1. The molecule has 23 heavy (non-hydrogen) atoms. The smallest absolute Gasteiger partial charge is 0.190 e. The lowest BCUT2D eigenvalue weighted by molar-refractivity contribution is 0.0888. The van der Waals surface area contributed by atoms with Gasteiger partial charge in [0.25, 0.3) is 0 Å². The zero-order chi connectivity index (χ0) is 16.4. The summed E-state index contributed by atoms with van der Waals surface area (Å²) in [5.41, 5.74) is 0.490. The number of hydrogen-bond donors (Lipinski definition) is 2. The summed E-state index contributed by atoms with van der Waals surface area (Å²) in [6.45, 7) is 7.67. The molecule has 1 aliphatic heterocycles. The Bertz CT molecular complexity index is 348. The van der Waals surface area contributed by atoms with E-state index >= 15 is 0 Å². The maximum Gasteiger partial charge on any atom is 0.190 e. The van der Waals surface area contributed by atoms with Crippen LogP contribution in [0.15, 0.2) is 4.99 Å². The summed E-state index contributed by atoms with van der Waals surface area (Å²) in [5.74, 6) is 1.53. The van der Waals surface area contributed by atoms with Crippen molar-refractivity contribution in [2.45, 2.75) is 51.9 Å². The molecule has 0 amide bonds. The lowest BCUT2D eigenvalue weighted by Gasteiger charge is -2.28. The molecule has 1 atom stereocenters. The molecule has 2 aliphatic rings. The summed E-state index contributed by atoms with van der Waals surface area (Å²) in [6, 6.07) is 0. The largest absolute Gasteiger partial charge is 0.381 e. The van der Waals surface area contributed by atoms with Gasteiger partial charge in [-0.1, -0.05) is 19.8 Å². The lowest BCUT2D eigenvalue weighted by Crippen LogP contribution is -2.43. The van der Waals surface area contributed by atoms with Crippen molar-refractivity contribution >= 4 is 5.96 Å². The Morgan fingerprint density at radius 2 is 2.13 bits per heavy atom. The zero-order valence-electron chi connectivity index (χ0n) is 15.0. The average molecular weight is 325 g/mol. The monoisotopic (exact) mass is 325 g/mol. The van der Waals surface area contributed by atoms with E-state index in [-0.39, 0.29) is 0 Å². The average Bonchev–Trinajstić information content (AvgIpc) is 3.25. The van der Waals surface area contributed by atoms with Gasteiger partial charge in [-0.3, -0.25) is 4.99 Å². The first-order valence-corrected chi connectivity index (χ1v) is 9.38. The van der Waals surface area contributed by atoms with Crippen LogP contribution < -0.4 is 10.6 Å². The molecule has 5 nitrogen and oxygen atoms in total. The molecule has 0 aromatic rings. The van der Waals surface area contributed by atoms with Gasteiger partial charge in [-0.15, -0.1) is 0 Å². The first kappa shape index (κ1) is 18.5. The lowest BCUT2D eigenvalue weighted by atomic mass is 9.83. The van der Waals surface area contributed by atoms with Gasteiger partial charge in [0.2, 0.25) is 0 Å². The van der Waals surface area contributed by atoms with Gasteiger partial charge in [0, 0.05) is 39.3 Å². The summed E-state index contributed by atoms with van der Waals surface area (Å²) in [4.78, 5) is 4.33. The number of guanidine groups is 1. The van der Waals surface area contributed by atoms with E-state index in [1.807, 2.05) is 7.05 Å². The van der Waals surface area contributed by atoms with Crippen LogP contribution in [0.5, 0.6) is 0 Å². The van der Waals surface area contributed by atoms with Gasteiger partial charge in [0.15, 0.2) is 5.96 Å². The standard InChI is InChI=1S/C18H35N3O2/c1-3-18(8-4-5-9-18)15-21-17(19-2)20-10-6-11-22-13-16-7-12-23-14-16/h16H,3-15H2,1-2H3,(H2,19,20,21). The van der Waals surface area contributed by atoms with Gasteiger partial charge in [-0.25, -0.2) is 0 Å². The summed E-state index contributed by atoms with van der Waals surface area (Å²) in [5, 5.41) is 6.92. The highest BCUT2D eigenvalue weighted by atomic mass is 16.5. The van der Waals surface area contributed by atoms with E-state index in [2.05, 4.69) is 22.5 Å². The molecule has 0 aromatic carbocycles. The first-order valence-electron chi connectivity index (χ1n) is 9.38. The van der Waals surface area contributed by atoms with Crippen LogP contribution in [0.4, 0.5) is 0 Å². The zero-order valence-corrected chi connectivity index (χ0v) is 15.0. The van der Waals surface area contributed by atoms with Gasteiger partial charge in [-0.05, 0) is 37.5 Å². The van der Waals surface area contributed by atoms with E-state index in [9.17, 15) is 0 Å². The van der Waals surface area contributed by atoms with Crippen molar-refractivity contribution in [2.75, 3.05) is 46.6 Å². The molecule has 2 N–H and O–H groups in total. The second kappa shape index (κ2) is 10.1. The van der Waals surface area contributed by atoms with Crippen molar-refractivity contribution in [3.05, 3.63) is 0 Å². The number of nitrogens with zero attached hydrogens (tertiary/aromatic N) is 1. The maximum atomic E-state index is 5.73. The maximum absolute atomic E-state index is 5.73. The molecule has 1 aliphatic carbocycles. The molecule has 134 valence electrons. The van der Waals surface area contributed by atoms with E-state index in [0.717, 1.165) is 58.3 Å². The van der Waals surface area contributed by atoms with Crippen molar-refractivity contribution < 1.29 is 9.47 Å². The van der Waals surface area contributed by atoms with Crippen LogP contribution in [0.3, 0.4) is 0 Å². The molecule has 0 aromatic heterocycles. The van der Waals surface area contributed by atoms with Crippen LogP contribution in [0, 0.1) is 11.3 Å². The summed E-state index contributed by atoms with van der Waals surface area (Å²) < 4.78 is 11.1. The molecule has 0 spiro atoms. The van der Waals surface area contributed by atoms with Crippen LogP contribution >= 0.6 is 0 Å². The van der Waals surface area contributed by atoms with Crippen LogP contribution in [0.2, 0.25) is 0 Å². The minimum Gasteiger partial charge on any atom is -0.381 e. The normalized spacial score (nSPS) is 24.1. The summed E-state index contributed by atoms with van der Waals surface area (Å²) >= 11 is 0. The van der Waals surface area contributed by atoms with Crippen molar-refractivity contribution in [1.29, 1.82) is 0 Å². The van der Waals surface area contributed by atoms with Crippen molar-refractivity contribution in [3.63, 3.8) is 0 Å². The Labute approximate surface area is 141 Å². The molecule has 1 saturated carbocycles. The fraction of sp³-hybridized carbons (Fsp3) is 0.944. The van der Waals surface area contributed by atoms with Gasteiger partial charge >= 0.3 is 0 Å². The highest BCUT2D eigenvalue weighted by Crippen LogP contribution is 2.40. The number of hydrogen-bond acceptors (Lipinski definition) is 3. The molecule has 5 heteroatoms. The van der Waals surface area contributed by atoms with Gasteiger partial charge in [0.05, 0.1) is 13.2 Å². The number of aliphatic imine (C=N–C) groups is 1. The Hall–Kier alpha value is -0.810. The molecule has 1 heterocycles. The molecule has 0 bridgehead atoms. The number of ether oxygens (including phenoxy) is 2. The van der Waals surface area contributed by atoms with Crippen LogP contribution in [-0.2, 0) is 9.47 Å².